The SMILES string of the molecule is Cc1cccc(-c2cc(N)n(-c3ccccc3)n2)c1Cl. The minimum atomic E-state index is 0.587. The van der Waals surface area contributed by atoms with Gasteiger partial charge in [-0.2, -0.15) is 5.10 Å². The molecule has 0 aliphatic carbocycles. The van der Waals surface area contributed by atoms with E-state index in [1.807, 2.05) is 61.5 Å². The number of nitrogen functional groups attached to an aromatic ring is 1. The summed E-state index contributed by atoms with van der Waals surface area (Å²) in [6.07, 6.45) is 0. The van der Waals surface area contributed by atoms with Crippen molar-refractivity contribution in [2.75, 3.05) is 5.73 Å². The van der Waals surface area contributed by atoms with Gasteiger partial charge in [-0.05, 0) is 24.6 Å². The first-order valence-electron chi connectivity index (χ1n) is 6.33. The molecular formula is C16H14ClN3. The van der Waals surface area contributed by atoms with E-state index in [9.17, 15) is 0 Å². The second-order valence-corrected chi connectivity index (χ2v) is 5.02. The van der Waals surface area contributed by atoms with Crippen molar-refractivity contribution in [3.8, 4) is 16.9 Å². The predicted octanol–water partition coefficient (Wildman–Crippen LogP) is 4.08. The number of hydrogen-bond acceptors (Lipinski definition) is 2. The summed E-state index contributed by atoms with van der Waals surface area (Å²) >= 11 is 6.35. The van der Waals surface area contributed by atoms with Gasteiger partial charge in [0.2, 0.25) is 0 Å². The number of para-hydroxylation sites is 1. The van der Waals surface area contributed by atoms with Crippen molar-refractivity contribution in [1.29, 1.82) is 0 Å². The molecule has 0 atom stereocenters. The van der Waals surface area contributed by atoms with E-state index in [1.165, 1.54) is 0 Å². The van der Waals surface area contributed by atoms with Crippen molar-refractivity contribution in [2.45, 2.75) is 6.92 Å². The first-order valence-corrected chi connectivity index (χ1v) is 6.71. The van der Waals surface area contributed by atoms with Gasteiger partial charge in [0.15, 0.2) is 0 Å². The van der Waals surface area contributed by atoms with Crippen LogP contribution in [0, 0.1) is 6.92 Å². The quantitative estimate of drug-likeness (QED) is 0.770. The van der Waals surface area contributed by atoms with Gasteiger partial charge >= 0.3 is 0 Å². The van der Waals surface area contributed by atoms with Crippen molar-refractivity contribution in [1.82, 2.24) is 9.78 Å². The molecule has 100 valence electrons. The maximum atomic E-state index is 6.35. The van der Waals surface area contributed by atoms with Crippen molar-refractivity contribution >= 4 is 17.4 Å². The number of anilines is 1. The van der Waals surface area contributed by atoms with E-state index < -0.39 is 0 Å². The zero-order valence-corrected chi connectivity index (χ0v) is 11.8. The monoisotopic (exact) mass is 283 g/mol. The first-order chi connectivity index (χ1) is 9.66. The predicted molar refractivity (Wildman–Crippen MR) is 83.2 cm³/mol. The number of nitrogens with two attached hydrogens (primary N) is 1. The Bertz CT molecular complexity index is 748. The summed E-state index contributed by atoms with van der Waals surface area (Å²) in [4.78, 5) is 0. The maximum absolute atomic E-state index is 6.35. The highest BCUT2D eigenvalue weighted by atomic mass is 35.5. The van der Waals surface area contributed by atoms with Crippen LogP contribution in [0.1, 0.15) is 5.56 Å². The molecule has 3 aromatic rings. The van der Waals surface area contributed by atoms with Gasteiger partial charge in [0.05, 0.1) is 16.4 Å². The van der Waals surface area contributed by atoms with E-state index in [1.54, 1.807) is 4.68 Å². The van der Waals surface area contributed by atoms with E-state index in [0.717, 1.165) is 22.5 Å². The van der Waals surface area contributed by atoms with E-state index >= 15 is 0 Å². The summed E-state index contributed by atoms with van der Waals surface area (Å²) in [6.45, 7) is 1.98. The van der Waals surface area contributed by atoms with Crippen LogP contribution in [0.5, 0.6) is 0 Å². The van der Waals surface area contributed by atoms with Gasteiger partial charge in [0, 0.05) is 11.6 Å². The van der Waals surface area contributed by atoms with Crippen molar-refractivity contribution in [3.63, 3.8) is 0 Å². The normalized spacial score (nSPS) is 10.7. The zero-order valence-electron chi connectivity index (χ0n) is 11.0. The molecule has 2 N–H and O–H groups in total. The summed E-state index contributed by atoms with van der Waals surface area (Å²) in [7, 11) is 0. The molecule has 3 nitrogen and oxygen atoms in total. The largest absolute Gasteiger partial charge is 0.384 e. The second-order valence-electron chi connectivity index (χ2n) is 4.64. The molecule has 20 heavy (non-hydrogen) atoms. The molecule has 0 unspecified atom stereocenters. The Morgan fingerprint density at radius 3 is 2.55 bits per heavy atom. The lowest BCUT2D eigenvalue weighted by molar-refractivity contribution is 0.895. The minimum absolute atomic E-state index is 0.587. The molecule has 3 rings (SSSR count). The Morgan fingerprint density at radius 2 is 1.80 bits per heavy atom. The fourth-order valence-electron chi connectivity index (χ4n) is 2.15. The third-order valence-corrected chi connectivity index (χ3v) is 3.71. The third kappa shape index (κ3) is 2.17. The molecule has 1 heterocycles. The Morgan fingerprint density at radius 1 is 1.05 bits per heavy atom. The molecule has 0 saturated carbocycles. The highest BCUT2D eigenvalue weighted by molar-refractivity contribution is 6.34. The Labute approximate surface area is 122 Å². The lowest BCUT2D eigenvalue weighted by Gasteiger charge is -2.04. The fourth-order valence-corrected chi connectivity index (χ4v) is 2.37. The van der Waals surface area contributed by atoms with E-state index in [0.29, 0.717) is 10.8 Å². The Hall–Kier alpha value is -2.26. The Kier molecular flexibility index (Phi) is 3.20. The number of hydrogen-bond donors (Lipinski definition) is 1. The van der Waals surface area contributed by atoms with Crippen molar-refractivity contribution in [2.24, 2.45) is 0 Å². The van der Waals surface area contributed by atoms with Crippen LogP contribution < -0.4 is 5.73 Å². The molecule has 0 amide bonds. The molecule has 4 heteroatoms. The number of halogens is 1. The summed E-state index contributed by atoms with van der Waals surface area (Å²) < 4.78 is 1.72. The van der Waals surface area contributed by atoms with Crippen LogP contribution in [0.15, 0.2) is 54.6 Å². The smallest absolute Gasteiger partial charge is 0.127 e. The number of rotatable bonds is 2. The van der Waals surface area contributed by atoms with Crippen LogP contribution in [-0.2, 0) is 0 Å². The van der Waals surface area contributed by atoms with Crippen LogP contribution in [0.25, 0.3) is 16.9 Å². The standard InChI is InChI=1S/C16H14ClN3/c1-11-6-5-9-13(16(11)17)14-10-15(18)20(19-14)12-7-3-2-4-8-12/h2-10H,18H2,1H3. The topological polar surface area (TPSA) is 43.8 Å². The van der Waals surface area contributed by atoms with Gasteiger partial charge < -0.3 is 5.73 Å². The Balaban J connectivity index is 2.12. The third-order valence-electron chi connectivity index (χ3n) is 3.21. The van der Waals surface area contributed by atoms with E-state index in [-0.39, 0.29) is 0 Å². The van der Waals surface area contributed by atoms with Gasteiger partial charge in [0.25, 0.3) is 0 Å². The van der Waals surface area contributed by atoms with Crippen molar-refractivity contribution in [3.05, 3.63) is 65.2 Å². The van der Waals surface area contributed by atoms with Crippen LogP contribution >= 0.6 is 11.6 Å². The second kappa shape index (κ2) is 5.02. The zero-order chi connectivity index (χ0) is 14.1. The van der Waals surface area contributed by atoms with Gasteiger partial charge in [-0.15, -0.1) is 0 Å². The highest BCUT2D eigenvalue weighted by Crippen LogP contribution is 2.31. The number of nitrogens with zero attached hydrogens (tertiary/aromatic N) is 2. The molecule has 0 spiro atoms. The van der Waals surface area contributed by atoms with Crippen LogP contribution in [0.3, 0.4) is 0 Å². The average molecular weight is 284 g/mol. The van der Waals surface area contributed by atoms with Gasteiger partial charge in [0.1, 0.15) is 5.82 Å². The molecule has 0 bridgehead atoms. The van der Waals surface area contributed by atoms with Gasteiger partial charge in [-0.1, -0.05) is 48.0 Å². The average Bonchev–Trinajstić information content (AvgIpc) is 2.85. The van der Waals surface area contributed by atoms with E-state index in [2.05, 4.69) is 5.10 Å². The molecule has 0 aliphatic heterocycles. The van der Waals surface area contributed by atoms with Crippen molar-refractivity contribution < 1.29 is 0 Å². The number of aryl methyl sites for hydroxylation is 1. The van der Waals surface area contributed by atoms with E-state index in [4.69, 9.17) is 17.3 Å². The maximum Gasteiger partial charge on any atom is 0.127 e. The molecule has 0 aliphatic rings. The van der Waals surface area contributed by atoms with Crippen LogP contribution in [0.2, 0.25) is 5.02 Å². The lowest BCUT2D eigenvalue weighted by atomic mass is 10.1. The summed E-state index contributed by atoms with van der Waals surface area (Å²) in [5, 5.41) is 5.27. The molecule has 0 saturated heterocycles. The van der Waals surface area contributed by atoms with Gasteiger partial charge in [-0.25, -0.2) is 4.68 Å². The molecule has 2 aromatic carbocycles. The minimum Gasteiger partial charge on any atom is -0.384 e. The first kappa shape index (κ1) is 12.8. The number of aromatic nitrogens is 2. The molecule has 0 fully saturated rings. The summed E-state index contributed by atoms with van der Waals surface area (Å²) in [6, 6.07) is 17.5. The van der Waals surface area contributed by atoms with Crippen LogP contribution in [-0.4, -0.2) is 9.78 Å². The molecule has 0 radical (unpaired) electrons. The van der Waals surface area contributed by atoms with Gasteiger partial charge in [-0.3, -0.25) is 0 Å². The molecule has 1 aromatic heterocycles. The molecular weight excluding hydrogens is 270 g/mol. The summed E-state index contributed by atoms with van der Waals surface area (Å²) in [5.41, 5.74) is 9.69. The fraction of sp³-hybridized carbons (Fsp3) is 0.0625. The number of benzene rings is 2. The highest BCUT2D eigenvalue weighted by Gasteiger charge is 2.12. The lowest BCUT2D eigenvalue weighted by Crippen LogP contribution is -2.01. The summed E-state index contributed by atoms with van der Waals surface area (Å²) in [5.74, 6) is 0.587. The van der Waals surface area contributed by atoms with Crippen LogP contribution in [0.4, 0.5) is 5.82 Å².